The van der Waals surface area contributed by atoms with Crippen molar-refractivity contribution in [1.29, 1.82) is 0 Å². The van der Waals surface area contributed by atoms with Gasteiger partial charge in [-0.3, -0.25) is 4.79 Å². The second-order valence-corrected chi connectivity index (χ2v) is 6.61. The molecule has 1 aliphatic carbocycles. The van der Waals surface area contributed by atoms with E-state index in [0.29, 0.717) is 19.0 Å². The number of carbonyl (C=O) groups excluding carboxylic acids is 1. The molecule has 0 aromatic carbocycles. The minimum absolute atomic E-state index is 0.0862. The molecule has 2 aliphatic rings. The number of hydrogen-bond acceptors (Lipinski definition) is 3. The molecule has 2 fully saturated rings. The number of likely N-dealkylation sites (N-methyl/N-ethyl adjacent to an activating group) is 1. The molecule has 0 aromatic rings. The van der Waals surface area contributed by atoms with Crippen molar-refractivity contribution in [2.45, 2.75) is 57.4 Å². The molecular weight excluding hydrogens is 238 g/mol. The maximum absolute atomic E-state index is 12.3. The first kappa shape index (κ1) is 14.8. The number of likely N-dealkylation sites (tertiary alicyclic amines) is 1. The predicted octanol–water partition coefficient (Wildman–Crippen LogP) is 1.50. The van der Waals surface area contributed by atoms with E-state index in [2.05, 4.69) is 17.3 Å². The van der Waals surface area contributed by atoms with Crippen molar-refractivity contribution in [3.63, 3.8) is 0 Å². The van der Waals surface area contributed by atoms with E-state index in [1.807, 2.05) is 0 Å². The third-order valence-electron chi connectivity index (χ3n) is 4.87. The van der Waals surface area contributed by atoms with Crippen LogP contribution in [0.5, 0.6) is 0 Å². The molecule has 1 atom stereocenters. The van der Waals surface area contributed by atoms with Gasteiger partial charge in [0.15, 0.2) is 0 Å². The van der Waals surface area contributed by atoms with Gasteiger partial charge in [0.25, 0.3) is 0 Å². The van der Waals surface area contributed by atoms with Crippen LogP contribution in [0.15, 0.2) is 0 Å². The molecule has 1 saturated carbocycles. The van der Waals surface area contributed by atoms with Crippen LogP contribution >= 0.6 is 0 Å². The van der Waals surface area contributed by atoms with Gasteiger partial charge in [-0.05, 0) is 51.2 Å². The summed E-state index contributed by atoms with van der Waals surface area (Å²) in [7, 11) is 2.13. The van der Waals surface area contributed by atoms with Crippen molar-refractivity contribution in [3.8, 4) is 0 Å². The summed E-state index contributed by atoms with van der Waals surface area (Å²) in [5, 5.41) is 3.22. The highest BCUT2D eigenvalue weighted by Crippen LogP contribution is 2.38. The third-order valence-corrected chi connectivity index (χ3v) is 4.87. The highest BCUT2D eigenvalue weighted by Gasteiger charge is 2.33. The summed E-state index contributed by atoms with van der Waals surface area (Å²) in [6, 6.07) is 0.338. The van der Waals surface area contributed by atoms with E-state index in [9.17, 15) is 4.79 Å². The van der Waals surface area contributed by atoms with Crippen molar-refractivity contribution in [3.05, 3.63) is 0 Å². The molecule has 1 heterocycles. The second-order valence-electron chi connectivity index (χ2n) is 6.61. The third kappa shape index (κ3) is 4.18. The van der Waals surface area contributed by atoms with Crippen molar-refractivity contribution in [2.24, 2.45) is 11.1 Å². The Kier molecular flexibility index (Phi) is 5.22. The van der Waals surface area contributed by atoms with Gasteiger partial charge in [-0.25, -0.2) is 0 Å². The Bertz CT molecular complexity index is 300. The Morgan fingerprint density at radius 1 is 1.32 bits per heavy atom. The molecule has 1 saturated heterocycles. The topological polar surface area (TPSA) is 58.4 Å². The van der Waals surface area contributed by atoms with Crippen molar-refractivity contribution in [2.75, 3.05) is 26.7 Å². The number of nitrogens with zero attached hydrogens (tertiary/aromatic N) is 1. The molecule has 1 amide bonds. The largest absolute Gasteiger partial charge is 0.352 e. The quantitative estimate of drug-likeness (QED) is 0.811. The summed E-state index contributed by atoms with van der Waals surface area (Å²) in [5.41, 5.74) is 6.04. The van der Waals surface area contributed by atoms with Gasteiger partial charge in [-0.2, -0.15) is 0 Å². The zero-order valence-corrected chi connectivity index (χ0v) is 12.3. The summed E-state index contributed by atoms with van der Waals surface area (Å²) in [6.07, 6.45) is 8.95. The lowest BCUT2D eigenvalue weighted by Gasteiger charge is -2.37. The zero-order valence-electron chi connectivity index (χ0n) is 12.3. The first-order valence-electron chi connectivity index (χ1n) is 7.81. The van der Waals surface area contributed by atoms with Gasteiger partial charge in [0.1, 0.15) is 0 Å². The van der Waals surface area contributed by atoms with Crippen LogP contribution in [0.1, 0.15) is 51.4 Å². The molecule has 19 heavy (non-hydrogen) atoms. The molecule has 2 rings (SSSR count). The molecule has 1 unspecified atom stereocenters. The Labute approximate surface area is 117 Å². The van der Waals surface area contributed by atoms with E-state index in [4.69, 9.17) is 5.73 Å². The smallest absolute Gasteiger partial charge is 0.220 e. The zero-order chi connectivity index (χ0) is 13.7. The van der Waals surface area contributed by atoms with Gasteiger partial charge in [0.2, 0.25) is 5.91 Å². The van der Waals surface area contributed by atoms with Gasteiger partial charge < -0.3 is 16.0 Å². The van der Waals surface area contributed by atoms with Crippen LogP contribution in [0.2, 0.25) is 0 Å². The fourth-order valence-electron chi connectivity index (χ4n) is 3.66. The first-order chi connectivity index (χ1) is 9.13. The molecule has 0 aromatic heterocycles. The Balaban J connectivity index is 1.82. The fourth-order valence-corrected chi connectivity index (χ4v) is 3.66. The second kappa shape index (κ2) is 6.71. The normalized spacial score (nSPS) is 28.0. The minimum atomic E-state index is 0.0862. The van der Waals surface area contributed by atoms with E-state index in [-0.39, 0.29) is 11.3 Å². The van der Waals surface area contributed by atoms with E-state index in [1.54, 1.807) is 0 Å². The standard InChI is InChI=1S/C15H29N3O/c1-18-9-5-6-13(11-18)17-14(19)10-15(12-16)7-3-2-4-8-15/h13H,2-12,16H2,1H3,(H,17,19). The summed E-state index contributed by atoms with van der Waals surface area (Å²) in [4.78, 5) is 14.6. The minimum Gasteiger partial charge on any atom is -0.352 e. The average Bonchev–Trinajstić information content (AvgIpc) is 2.39. The van der Waals surface area contributed by atoms with E-state index in [0.717, 1.165) is 32.4 Å². The van der Waals surface area contributed by atoms with Crippen LogP contribution in [-0.4, -0.2) is 43.5 Å². The highest BCUT2D eigenvalue weighted by atomic mass is 16.1. The van der Waals surface area contributed by atoms with Gasteiger partial charge in [0.05, 0.1) is 0 Å². The van der Waals surface area contributed by atoms with E-state index >= 15 is 0 Å². The number of amides is 1. The molecule has 4 nitrogen and oxygen atoms in total. The number of nitrogens with two attached hydrogens (primary N) is 1. The summed E-state index contributed by atoms with van der Waals surface area (Å²) in [5.74, 6) is 0.215. The Hall–Kier alpha value is -0.610. The summed E-state index contributed by atoms with van der Waals surface area (Å²) < 4.78 is 0. The number of piperidine rings is 1. The van der Waals surface area contributed by atoms with Crippen LogP contribution in [0.4, 0.5) is 0 Å². The van der Waals surface area contributed by atoms with Crippen molar-refractivity contribution < 1.29 is 4.79 Å². The van der Waals surface area contributed by atoms with Crippen LogP contribution in [0.25, 0.3) is 0 Å². The molecule has 0 radical (unpaired) electrons. The Morgan fingerprint density at radius 3 is 2.68 bits per heavy atom. The van der Waals surface area contributed by atoms with E-state index in [1.165, 1.54) is 25.7 Å². The van der Waals surface area contributed by atoms with Crippen LogP contribution in [0.3, 0.4) is 0 Å². The first-order valence-corrected chi connectivity index (χ1v) is 7.81. The Morgan fingerprint density at radius 2 is 2.05 bits per heavy atom. The number of hydrogen-bond donors (Lipinski definition) is 2. The maximum atomic E-state index is 12.3. The predicted molar refractivity (Wildman–Crippen MR) is 77.9 cm³/mol. The molecule has 0 bridgehead atoms. The summed E-state index contributed by atoms with van der Waals surface area (Å²) >= 11 is 0. The van der Waals surface area contributed by atoms with Crippen LogP contribution in [0, 0.1) is 5.41 Å². The summed E-state index contributed by atoms with van der Waals surface area (Å²) in [6.45, 7) is 2.80. The molecule has 4 heteroatoms. The fraction of sp³-hybridized carbons (Fsp3) is 0.933. The SMILES string of the molecule is CN1CCCC(NC(=O)CC2(CN)CCCCC2)C1. The number of rotatable bonds is 4. The average molecular weight is 267 g/mol. The molecule has 110 valence electrons. The molecular formula is C15H29N3O. The van der Waals surface area contributed by atoms with Crippen LogP contribution in [-0.2, 0) is 4.79 Å². The maximum Gasteiger partial charge on any atom is 0.220 e. The van der Waals surface area contributed by atoms with Gasteiger partial charge in [-0.1, -0.05) is 19.3 Å². The lowest BCUT2D eigenvalue weighted by atomic mass is 9.71. The van der Waals surface area contributed by atoms with Gasteiger partial charge >= 0.3 is 0 Å². The molecule has 3 N–H and O–H groups in total. The van der Waals surface area contributed by atoms with Crippen molar-refractivity contribution >= 4 is 5.91 Å². The number of carbonyl (C=O) groups is 1. The van der Waals surface area contributed by atoms with Crippen molar-refractivity contribution in [1.82, 2.24) is 10.2 Å². The number of nitrogens with one attached hydrogen (secondary N) is 1. The van der Waals surface area contributed by atoms with E-state index < -0.39 is 0 Å². The lowest BCUT2D eigenvalue weighted by Crippen LogP contribution is -2.48. The van der Waals surface area contributed by atoms with Gasteiger partial charge in [0, 0.05) is 19.0 Å². The monoisotopic (exact) mass is 267 g/mol. The van der Waals surface area contributed by atoms with Crippen LogP contribution < -0.4 is 11.1 Å². The molecule has 0 spiro atoms. The van der Waals surface area contributed by atoms with Gasteiger partial charge in [-0.15, -0.1) is 0 Å². The molecule has 1 aliphatic heterocycles. The lowest BCUT2D eigenvalue weighted by molar-refractivity contribution is -0.124. The highest BCUT2D eigenvalue weighted by molar-refractivity contribution is 5.77.